The van der Waals surface area contributed by atoms with Crippen LogP contribution in [0.1, 0.15) is 52.9 Å². The van der Waals surface area contributed by atoms with E-state index in [2.05, 4.69) is 4.72 Å². The van der Waals surface area contributed by atoms with Crippen LogP contribution in [0.3, 0.4) is 0 Å². The second kappa shape index (κ2) is 5.76. The van der Waals surface area contributed by atoms with E-state index in [0.717, 1.165) is 19.3 Å². The molecular weight excluding hydrogens is 330 g/mol. The van der Waals surface area contributed by atoms with E-state index in [0.29, 0.717) is 19.4 Å². The molecule has 2 N–H and O–H groups in total. The van der Waals surface area contributed by atoms with Crippen molar-refractivity contribution in [1.29, 1.82) is 0 Å². The van der Waals surface area contributed by atoms with Crippen LogP contribution in [0.2, 0.25) is 0 Å². The Morgan fingerprint density at radius 1 is 1.38 bits per heavy atom. The second-order valence-electron chi connectivity index (χ2n) is 8.61. The van der Waals surface area contributed by atoms with Gasteiger partial charge in [0, 0.05) is 25.0 Å². The topological polar surface area (TPSA) is 92.7 Å². The van der Waals surface area contributed by atoms with Crippen LogP contribution in [0.4, 0.5) is 0 Å². The largest absolute Gasteiger partial charge is 0.386 e. The standard InChI is InChI=1S/C17H29NO5S/c1-15(2)12-6-7-17(15,13(19)9-12)11-24(21,22)18-10-16(3,20)14-5-4-8-23-14/h12,14,18,20H,4-11H2,1-3H3. The molecule has 0 spiro atoms. The third-order valence-corrected chi connectivity index (χ3v) is 8.31. The molecule has 1 heterocycles. The molecule has 7 heteroatoms. The van der Waals surface area contributed by atoms with Crippen molar-refractivity contribution in [3.8, 4) is 0 Å². The van der Waals surface area contributed by atoms with Gasteiger partial charge in [0.1, 0.15) is 11.4 Å². The Hall–Kier alpha value is -0.500. The smallest absolute Gasteiger partial charge is 0.212 e. The minimum absolute atomic E-state index is 0.0833. The molecule has 4 atom stereocenters. The Kier molecular flexibility index (Phi) is 4.39. The number of ether oxygens (including phenoxy) is 1. The number of Topliss-reactive ketones (excluding diaryl/α,β-unsaturated/α-hetero) is 1. The van der Waals surface area contributed by atoms with Gasteiger partial charge in [0.2, 0.25) is 10.0 Å². The zero-order chi connectivity index (χ0) is 17.8. The van der Waals surface area contributed by atoms with Gasteiger partial charge in [0.25, 0.3) is 0 Å². The van der Waals surface area contributed by atoms with E-state index in [-0.39, 0.29) is 35.5 Å². The SMILES string of the molecule is CC(O)(CNS(=O)(=O)CC12CCC(CC1=O)C2(C)C)C1CCCO1. The zero-order valence-electron chi connectivity index (χ0n) is 14.8. The predicted molar refractivity (Wildman–Crippen MR) is 89.9 cm³/mol. The molecule has 2 saturated carbocycles. The van der Waals surface area contributed by atoms with E-state index in [1.165, 1.54) is 0 Å². The van der Waals surface area contributed by atoms with Gasteiger partial charge in [0.05, 0.1) is 11.9 Å². The molecule has 0 aromatic carbocycles. The minimum Gasteiger partial charge on any atom is -0.386 e. The number of hydrogen-bond donors (Lipinski definition) is 2. The maximum absolute atomic E-state index is 12.6. The Morgan fingerprint density at radius 2 is 2.08 bits per heavy atom. The fourth-order valence-corrected chi connectivity index (χ4v) is 6.86. The van der Waals surface area contributed by atoms with Gasteiger partial charge in [-0.15, -0.1) is 0 Å². The molecule has 0 aromatic rings. The van der Waals surface area contributed by atoms with Gasteiger partial charge in [-0.2, -0.15) is 0 Å². The van der Waals surface area contributed by atoms with Crippen LogP contribution in [0, 0.1) is 16.7 Å². The molecule has 0 amide bonds. The molecule has 3 fully saturated rings. The van der Waals surface area contributed by atoms with Crippen molar-refractivity contribution in [2.75, 3.05) is 18.9 Å². The average molecular weight is 359 g/mol. The van der Waals surface area contributed by atoms with Crippen molar-refractivity contribution in [3.63, 3.8) is 0 Å². The molecule has 1 aliphatic heterocycles. The number of carbonyl (C=O) groups is 1. The lowest BCUT2D eigenvalue weighted by Crippen LogP contribution is -2.51. The summed E-state index contributed by atoms with van der Waals surface area (Å²) in [4.78, 5) is 12.5. The van der Waals surface area contributed by atoms with Gasteiger partial charge in [-0.3, -0.25) is 4.79 Å². The quantitative estimate of drug-likeness (QED) is 0.744. The zero-order valence-corrected chi connectivity index (χ0v) is 15.6. The van der Waals surface area contributed by atoms with Crippen molar-refractivity contribution in [3.05, 3.63) is 0 Å². The van der Waals surface area contributed by atoms with Crippen LogP contribution in [0.25, 0.3) is 0 Å². The van der Waals surface area contributed by atoms with Gasteiger partial charge in [-0.25, -0.2) is 13.1 Å². The highest BCUT2D eigenvalue weighted by Crippen LogP contribution is 2.64. The van der Waals surface area contributed by atoms with E-state index in [9.17, 15) is 18.3 Å². The number of fused-ring (bicyclic) bond motifs is 2. The van der Waals surface area contributed by atoms with Crippen LogP contribution in [0.5, 0.6) is 0 Å². The molecule has 0 radical (unpaired) electrons. The fraction of sp³-hybridized carbons (Fsp3) is 0.941. The van der Waals surface area contributed by atoms with Gasteiger partial charge in [-0.05, 0) is 43.9 Å². The summed E-state index contributed by atoms with van der Waals surface area (Å²) >= 11 is 0. The van der Waals surface area contributed by atoms with E-state index in [4.69, 9.17) is 4.74 Å². The van der Waals surface area contributed by atoms with Crippen LogP contribution in [-0.4, -0.2) is 49.9 Å². The normalized spacial score (nSPS) is 37.8. The van der Waals surface area contributed by atoms with Gasteiger partial charge in [-0.1, -0.05) is 13.8 Å². The predicted octanol–water partition coefficient (Wildman–Crippen LogP) is 1.23. The Morgan fingerprint density at radius 3 is 2.58 bits per heavy atom. The van der Waals surface area contributed by atoms with E-state index < -0.39 is 21.0 Å². The minimum atomic E-state index is -3.66. The molecule has 138 valence electrons. The molecule has 2 bridgehead atoms. The van der Waals surface area contributed by atoms with Crippen molar-refractivity contribution in [2.45, 2.75) is 64.6 Å². The maximum Gasteiger partial charge on any atom is 0.212 e. The summed E-state index contributed by atoms with van der Waals surface area (Å²) in [5, 5.41) is 10.5. The van der Waals surface area contributed by atoms with Crippen molar-refractivity contribution < 1.29 is 23.1 Å². The highest BCUT2D eigenvalue weighted by atomic mass is 32.2. The molecule has 6 nitrogen and oxygen atoms in total. The van der Waals surface area contributed by atoms with E-state index in [1.54, 1.807) is 6.92 Å². The first-order valence-corrected chi connectivity index (χ1v) is 10.5. The first-order valence-electron chi connectivity index (χ1n) is 8.85. The number of hydrogen-bond acceptors (Lipinski definition) is 5. The Bertz CT molecular complexity index is 621. The third-order valence-electron chi connectivity index (χ3n) is 6.85. The average Bonchev–Trinajstić information content (AvgIpc) is 3.12. The monoisotopic (exact) mass is 359 g/mol. The number of rotatable bonds is 6. The summed E-state index contributed by atoms with van der Waals surface area (Å²) in [5.41, 5.74) is -2.30. The number of sulfonamides is 1. The van der Waals surface area contributed by atoms with Gasteiger partial charge < -0.3 is 9.84 Å². The van der Waals surface area contributed by atoms with Crippen molar-refractivity contribution in [1.82, 2.24) is 4.72 Å². The molecule has 0 aromatic heterocycles. The summed E-state index contributed by atoms with van der Waals surface area (Å²) in [7, 11) is -3.66. The Balaban J connectivity index is 1.69. The highest BCUT2D eigenvalue weighted by molar-refractivity contribution is 7.89. The number of ketones is 1. The van der Waals surface area contributed by atoms with Crippen LogP contribution < -0.4 is 4.72 Å². The van der Waals surface area contributed by atoms with Crippen LogP contribution in [-0.2, 0) is 19.6 Å². The van der Waals surface area contributed by atoms with Crippen LogP contribution in [0.15, 0.2) is 0 Å². The molecular formula is C17H29NO5S. The first-order chi connectivity index (χ1) is 11.0. The molecule has 4 unspecified atom stereocenters. The lowest BCUT2D eigenvalue weighted by molar-refractivity contribution is -0.128. The maximum atomic E-state index is 12.6. The van der Waals surface area contributed by atoms with Crippen LogP contribution >= 0.6 is 0 Å². The lowest BCUT2D eigenvalue weighted by atomic mass is 9.70. The summed E-state index contributed by atoms with van der Waals surface area (Å²) in [6.07, 6.45) is 3.32. The molecule has 2 aliphatic carbocycles. The summed E-state index contributed by atoms with van der Waals surface area (Å²) in [6, 6.07) is 0. The van der Waals surface area contributed by atoms with Crippen molar-refractivity contribution in [2.24, 2.45) is 16.7 Å². The number of carbonyl (C=O) groups excluding carboxylic acids is 1. The molecule has 3 rings (SSSR count). The second-order valence-corrected chi connectivity index (χ2v) is 10.4. The number of nitrogens with one attached hydrogen (secondary N) is 1. The summed E-state index contributed by atoms with van der Waals surface area (Å²) in [6.45, 7) is 6.15. The first kappa shape index (κ1) is 18.3. The molecule has 24 heavy (non-hydrogen) atoms. The van der Waals surface area contributed by atoms with Gasteiger partial charge >= 0.3 is 0 Å². The highest BCUT2D eigenvalue weighted by Gasteiger charge is 2.65. The van der Waals surface area contributed by atoms with Gasteiger partial charge in [0.15, 0.2) is 0 Å². The summed E-state index contributed by atoms with van der Waals surface area (Å²) < 4.78 is 33.3. The molecule has 3 aliphatic rings. The number of aliphatic hydroxyl groups is 1. The van der Waals surface area contributed by atoms with E-state index in [1.807, 2.05) is 13.8 Å². The summed E-state index contributed by atoms with van der Waals surface area (Å²) in [5.74, 6) is 0.194. The van der Waals surface area contributed by atoms with E-state index >= 15 is 0 Å². The third kappa shape index (κ3) is 2.83. The fourth-order valence-electron chi connectivity index (χ4n) is 4.92. The lowest BCUT2D eigenvalue weighted by Gasteiger charge is -2.36. The Labute approximate surface area is 144 Å². The molecule has 1 saturated heterocycles. The van der Waals surface area contributed by atoms with Crippen molar-refractivity contribution >= 4 is 15.8 Å².